The lowest BCUT2D eigenvalue weighted by atomic mass is 10.1. The van der Waals surface area contributed by atoms with E-state index >= 15 is 0 Å². The van der Waals surface area contributed by atoms with E-state index in [9.17, 15) is 8.42 Å². The first kappa shape index (κ1) is 13.0. The second-order valence-electron chi connectivity index (χ2n) is 3.87. The monoisotopic (exact) mass is 282 g/mol. The average molecular weight is 283 g/mol. The van der Waals surface area contributed by atoms with Crippen molar-refractivity contribution >= 4 is 21.4 Å². The lowest BCUT2D eigenvalue weighted by Crippen LogP contribution is -2.09. The van der Waals surface area contributed by atoms with Crippen molar-refractivity contribution < 1.29 is 8.42 Å². The van der Waals surface area contributed by atoms with Crippen molar-refractivity contribution in [3.8, 4) is 0 Å². The van der Waals surface area contributed by atoms with Gasteiger partial charge in [0, 0.05) is 0 Å². The molecule has 2 rings (SSSR count). The lowest BCUT2D eigenvalue weighted by Gasteiger charge is -2.05. The highest BCUT2D eigenvalue weighted by atomic mass is 35.5. The number of aryl methyl sites for hydroxylation is 1. The van der Waals surface area contributed by atoms with E-state index in [0.717, 1.165) is 11.1 Å². The summed E-state index contributed by atoms with van der Waals surface area (Å²) in [6, 6.07) is 7.32. The maximum atomic E-state index is 12.1. The van der Waals surface area contributed by atoms with Crippen molar-refractivity contribution in [3.05, 3.63) is 52.8 Å². The van der Waals surface area contributed by atoms with Gasteiger partial charge in [0.25, 0.3) is 0 Å². The normalized spacial score (nSPS) is 11.4. The van der Waals surface area contributed by atoms with Crippen molar-refractivity contribution in [1.29, 1.82) is 0 Å². The molecule has 0 saturated heterocycles. The van der Waals surface area contributed by atoms with Gasteiger partial charge in [-0.05, 0) is 18.1 Å². The number of hydrogen-bond acceptors (Lipinski definition) is 4. The first-order chi connectivity index (χ1) is 8.49. The maximum Gasteiger partial charge on any atom is 0.247 e. The van der Waals surface area contributed by atoms with Crippen LogP contribution in [0.15, 0.2) is 41.8 Å². The Balaban J connectivity index is 2.33. The molecule has 1 aromatic carbocycles. The molecule has 18 heavy (non-hydrogen) atoms. The number of nitrogens with zero attached hydrogens (tertiary/aromatic N) is 2. The topological polar surface area (TPSA) is 59.9 Å². The minimum Gasteiger partial charge on any atom is -0.225 e. The van der Waals surface area contributed by atoms with E-state index < -0.39 is 9.84 Å². The Hall–Kier alpha value is -1.46. The summed E-state index contributed by atoms with van der Waals surface area (Å²) in [6.45, 7) is 1.87. The first-order valence-corrected chi connectivity index (χ1v) is 7.27. The summed E-state index contributed by atoms with van der Waals surface area (Å²) in [5.41, 5.74) is 1.67. The summed E-state index contributed by atoms with van der Waals surface area (Å²) < 4.78 is 24.2. The van der Waals surface area contributed by atoms with Crippen LogP contribution < -0.4 is 0 Å². The molecule has 0 fully saturated rings. The maximum absolute atomic E-state index is 12.1. The van der Waals surface area contributed by atoms with Gasteiger partial charge in [0.1, 0.15) is 0 Å². The number of rotatable bonds is 3. The van der Waals surface area contributed by atoms with Gasteiger partial charge in [-0.1, -0.05) is 35.9 Å². The van der Waals surface area contributed by atoms with Gasteiger partial charge in [0.2, 0.25) is 15.0 Å². The molecule has 0 unspecified atom stereocenters. The van der Waals surface area contributed by atoms with Gasteiger partial charge >= 0.3 is 0 Å². The molecule has 0 atom stereocenters. The van der Waals surface area contributed by atoms with E-state index in [1.807, 2.05) is 19.1 Å². The van der Waals surface area contributed by atoms with Crippen molar-refractivity contribution in [2.24, 2.45) is 0 Å². The van der Waals surface area contributed by atoms with Crippen LogP contribution in [0.3, 0.4) is 0 Å². The standard InChI is InChI=1S/C12H11ClN2O2S/c1-9-4-2-3-5-10(9)8-18(16,17)12-14-6-11(13)7-15-12/h2-7H,8H2,1H3. The Morgan fingerprint density at radius 1 is 1.17 bits per heavy atom. The van der Waals surface area contributed by atoms with Crippen LogP contribution in [0.4, 0.5) is 0 Å². The van der Waals surface area contributed by atoms with Gasteiger partial charge in [0.05, 0.1) is 23.2 Å². The van der Waals surface area contributed by atoms with Gasteiger partial charge in [0.15, 0.2) is 0 Å². The summed E-state index contributed by atoms with van der Waals surface area (Å²) in [5, 5.41) is 0.111. The predicted molar refractivity (Wildman–Crippen MR) is 69.1 cm³/mol. The fourth-order valence-electron chi connectivity index (χ4n) is 1.50. The summed E-state index contributed by atoms with van der Waals surface area (Å²) in [4.78, 5) is 7.49. The van der Waals surface area contributed by atoms with E-state index in [4.69, 9.17) is 11.6 Å². The number of hydrogen-bond donors (Lipinski definition) is 0. The zero-order valence-corrected chi connectivity index (χ0v) is 11.2. The van der Waals surface area contributed by atoms with Gasteiger partial charge in [-0.2, -0.15) is 0 Å². The zero-order valence-electron chi connectivity index (χ0n) is 9.67. The minimum absolute atomic E-state index is 0.110. The highest BCUT2D eigenvalue weighted by molar-refractivity contribution is 7.90. The molecule has 1 aromatic heterocycles. The zero-order chi connectivity index (χ0) is 13.2. The third kappa shape index (κ3) is 2.86. The Labute approximate surface area is 111 Å². The lowest BCUT2D eigenvalue weighted by molar-refractivity contribution is 0.586. The quantitative estimate of drug-likeness (QED) is 0.811. The summed E-state index contributed by atoms with van der Waals surface area (Å²) in [7, 11) is -3.53. The molecular formula is C12H11ClN2O2S. The van der Waals surface area contributed by atoms with Crippen molar-refractivity contribution in [2.45, 2.75) is 17.8 Å². The van der Waals surface area contributed by atoms with Crippen molar-refractivity contribution in [1.82, 2.24) is 9.97 Å². The third-order valence-electron chi connectivity index (χ3n) is 2.48. The van der Waals surface area contributed by atoms with E-state index in [0.29, 0.717) is 5.02 Å². The molecule has 0 saturated carbocycles. The largest absolute Gasteiger partial charge is 0.247 e. The fourth-order valence-corrected chi connectivity index (χ4v) is 2.89. The van der Waals surface area contributed by atoms with E-state index in [1.54, 1.807) is 12.1 Å². The molecule has 0 aliphatic heterocycles. The molecule has 4 nitrogen and oxygen atoms in total. The fraction of sp³-hybridized carbons (Fsp3) is 0.167. The van der Waals surface area contributed by atoms with Crippen LogP contribution in [0, 0.1) is 6.92 Å². The van der Waals surface area contributed by atoms with Crippen LogP contribution in [0.25, 0.3) is 0 Å². The van der Waals surface area contributed by atoms with Gasteiger partial charge in [-0.15, -0.1) is 0 Å². The first-order valence-electron chi connectivity index (χ1n) is 5.24. The summed E-state index contributed by atoms with van der Waals surface area (Å²) in [6.07, 6.45) is 2.55. The summed E-state index contributed by atoms with van der Waals surface area (Å²) >= 11 is 5.63. The Bertz CT molecular complexity index is 654. The molecule has 0 aliphatic rings. The second kappa shape index (κ2) is 5.04. The highest BCUT2D eigenvalue weighted by Crippen LogP contribution is 2.16. The van der Waals surface area contributed by atoms with Gasteiger partial charge < -0.3 is 0 Å². The Morgan fingerprint density at radius 2 is 1.78 bits per heavy atom. The van der Waals surface area contributed by atoms with Crippen LogP contribution in [0.2, 0.25) is 5.02 Å². The number of sulfone groups is 1. The summed E-state index contributed by atoms with van der Waals surface area (Å²) in [5.74, 6) is -0.110. The smallest absolute Gasteiger partial charge is 0.225 e. The molecule has 2 aromatic rings. The Kier molecular flexibility index (Phi) is 3.63. The van der Waals surface area contributed by atoms with Crippen LogP contribution in [-0.4, -0.2) is 18.4 Å². The molecule has 0 N–H and O–H groups in total. The van der Waals surface area contributed by atoms with Crippen molar-refractivity contribution in [3.63, 3.8) is 0 Å². The second-order valence-corrected chi connectivity index (χ2v) is 6.19. The van der Waals surface area contributed by atoms with E-state index in [2.05, 4.69) is 9.97 Å². The molecule has 0 amide bonds. The molecule has 0 bridgehead atoms. The molecule has 6 heteroatoms. The Morgan fingerprint density at radius 3 is 2.39 bits per heavy atom. The number of benzene rings is 1. The molecule has 1 heterocycles. The highest BCUT2D eigenvalue weighted by Gasteiger charge is 2.19. The van der Waals surface area contributed by atoms with Crippen LogP contribution in [0.5, 0.6) is 0 Å². The van der Waals surface area contributed by atoms with Gasteiger partial charge in [-0.3, -0.25) is 0 Å². The number of halogens is 1. The third-order valence-corrected chi connectivity index (χ3v) is 4.13. The van der Waals surface area contributed by atoms with E-state index in [1.165, 1.54) is 12.4 Å². The SMILES string of the molecule is Cc1ccccc1CS(=O)(=O)c1ncc(Cl)cn1. The van der Waals surface area contributed by atoms with Crippen LogP contribution in [-0.2, 0) is 15.6 Å². The molecule has 0 aliphatic carbocycles. The molecule has 0 spiro atoms. The van der Waals surface area contributed by atoms with Crippen molar-refractivity contribution in [2.75, 3.05) is 0 Å². The predicted octanol–water partition coefficient (Wildman–Crippen LogP) is 2.41. The van der Waals surface area contributed by atoms with Crippen LogP contribution in [0.1, 0.15) is 11.1 Å². The molecule has 0 radical (unpaired) electrons. The average Bonchev–Trinajstić information content (AvgIpc) is 2.32. The minimum atomic E-state index is -3.53. The molecule has 94 valence electrons. The van der Waals surface area contributed by atoms with Crippen LogP contribution >= 0.6 is 11.6 Å². The van der Waals surface area contributed by atoms with E-state index in [-0.39, 0.29) is 10.9 Å². The number of aromatic nitrogens is 2. The molecular weight excluding hydrogens is 272 g/mol. The van der Waals surface area contributed by atoms with Gasteiger partial charge in [-0.25, -0.2) is 18.4 Å².